The summed E-state index contributed by atoms with van der Waals surface area (Å²) in [5.74, 6) is 0. The maximum absolute atomic E-state index is 5.69. The van der Waals surface area contributed by atoms with E-state index in [-0.39, 0.29) is 0 Å². The highest BCUT2D eigenvalue weighted by Gasteiger charge is 2.09. The van der Waals surface area contributed by atoms with Crippen LogP contribution in [0, 0.1) is 6.92 Å². The van der Waals surface area contributed by atoms with Crippen LogP contribution < -0.4 is 5.73 Å². The Bertz CT molecular complexity index is 476. The van der Waals surface area contributed by atoms with Gasteiger partial charge in [0.2, 0.25) is 0 Å². The molecule has 0 saturated heterocycles. The van der Waals surface area contributed by atoms with Gasteiger partial charge in [-0.3, -0.25) is 0 Å². The molecule has 2 N–H and O–H groups in total. The van der Waals surface area contributed by atoms with Crippen LogP contribution in [0.25, 0.3) is 5.69 Å². The molecule has 0 radical (unpaired) electrons. The second kappa shape index (κ2) is 4.16. The Morgan fingerprint density at radius 2 is 2.13 bits per heavy atom. The van der Waals surface area contributed by atoms with E-state index in [9.17, 15) is 0 Å². The molecular weight excluding hydrogens is 254 g/mol. The van der Waals surface area contributed by atoms with Gasteiger partial charge in [0.25, 0.3) is 0 Å². The first kappa shape index (κ1) is 10.4. The maximum Gasteiger partial charge on any atom is 0.0720 e. The van der Waals surface area contributed by atoms with Crippen molar-refractivity contribution in [1.29, 1.82) is 0 Å². The number of rotatable bonds is 2. The third-order valence-corrected chi connectivity index (χ3v) is 3.02. The van der Waals surface area contributed by atoms with Crippen molar-refractivity contribution in [3.63, 3.8) is 0 Å². The van der Waals surface area contributed by atoms with Crippen molar-refractivity contribution < 1.29 is 0 Å². The molecule has 2 aromatic rings. The molecule has 78 valence electrons. The lowest BCUT2D eigenvalue weighted by Crippen LogP contribution is -2.08. The topological polar surface area (TPSA) is 43.8 Å². The Labute approximate surface area is 97.0 Å². The molecule has 0 amide bonds. The van der Waals surface area contributed by atoms with E-state index in [0.29, 0.717) is 6.54 Å². The van der Waals surface area contributed by atoms with Gasteiger partial charge < -0.3 is 5.73 Å². The fourth-order valence-electron chi connectivity index (χ4n) is 1.55. The average molecular weight is 266 g/mol. The molecule has 1 heterocycles. The number of hydrogen-bond donors (Lipinski definition) is 1. The van der Waals surface area contributed by atoms with E-state index in [1.807, 2.05) is 22.9 Å². The predicted octanol–water partition coefficient (Wildman–Crippen LogP) is 2.40. The normalized spacial score (nSPS) is 10.6. The number of halogens is 1. The Morgan fingerprint density at radius 3 is 2.80 bits per heavy atom. The first-order valence-electron chi connectivity index (χ1n) is 4.72. The van der Waals surface area contributed by atoms with Crippen LogP contribution in [0.3, 0.4) is 0 Å². The second-order valence-corrected chi connectivity index (χ2v) is 4.20. The molecule has 0 aliphatic heterocycles. The fourth-order valence-corrected chi connectivity index (χ4v) is 1.97. The van der Waals surface area contributed by atoms with Gasteiger partial charge in [0.15, 0.2) is 0 Å². The van der Waals surface area contributed by atoms with Gasteiger partial charge in [-0.15, -0.1) is 0 Å². The van der Waals surface area contributed by atoms with E-state index < -0.39 is 0 Å². The molecule has 0 aliphatic carbocycles. The van der Waals surface area contributed by atoms with Gasteiger partial charge in [-0.05, 0) is 34.5 Å². The van der Waals surface area contributed by atoms with Crippen molar-refractivity contribution in [3.8, 4) is 5.69 Å². The predicted molar refractivity (Wildman–Crippen MR) is 63.9 cm³/mol. The summed E-state index contributed by atoms with van der Waals surface area (Å²) in [5, 5.41) is 4.31. The SMILES string of the molecule is Cc1ccccc1-n1ncc(Br)c1CN. The number of aryl methyl sites for hydroxylation is 1. The quantitative estimate of drug-likeness (QED) is 0.907. The number of nitrogens with two attached hydrogens (primary N) is 1. The first-order valence-corrected chi connectivity index (χ1v) is 5.52. The van der Waals surface area contributed by atoms with Crippen LogP contribution in [0.15, 0.2) is 34.9 Å². The molecule has 15 heavy (non-hydrogen) atoms. The van der Waals surface area contributed by atoms with Crippen LogP contribution in [0.4, 0.5) is 0 Å². The minimum absolute atomic E-state index is 0.467. The van der Waals surface area contributed by atoms with Gasteiger partial charge in [-0.1, -0.05) is 18.2 Å². The monoisotopic (exact) mass is 265 g/mol. The van der Waals surface area contributed by atoms with Crippen molar-refractivity contribution >= 4 is 15.9 Å². The van der Waals surface area contributed by atoms with Gasteiger partial charge in [-0.2, -0.15) is 5.10 Å². The highest BCUT2D eigenvalue weighted by Crippen LogP contribution is 2.21. The minimum Gasteiger partial charge on any atom is -0.325 e. The summed E-state index contributed by atoms with van der Waals surface area (Å²) < 4.78 is 2.83. The van der Waals surface area contributed by atoms with E-state index in [2.05, 4.69) is 34.0 Å². The number of nitrogens with zero attached hydrogens (tertiary/aromatic N) is 2. The molecule has 4 heteroatoms. The molecule has 0 aliphatic rings. The third kappa shape index (κ3) is 1.82. The summed E-state index contributed by atoms with van der Waals surface area (Å²) in [5.41, 5.74) is 8.94. The Morgan fingerprint density at radius 1 is 1.40 bits per heavy atom. The number of para-hydroxylation sites is 1. The summed E-state index contributed by atoms with van der Waals surface area (Å²) in [7, 11) is 0. The van der Waals surface area contributed by atoms with Crippen LogP contribution in [-0.4, -0.2) is 9.78 Å². The second-order valence-electron chi connectivity index (χ2n) is 3.34. The van der Waals surface area contributed by atoms with Crippen LogP contribution >= 0.6 is 15.9 Å². The number of hydrogen-bond acceptors (Lipinski definition) is 2. The third-order valence-electron chi connectivity index (χ3n) is 2.35. The van der Waals surface area contributed by atoms with Gasteiger partial charge in [0.05, 0.1) is 22.1 Å². The zero-order valence-electron chi connectivity index (χ0n) is 8.44. The fraction of sp³-hybridized carbons (Fsp3) is 0.182. The number of benzene rings is 1. The highest BCUT2D eigenvalue weighted by molar-refractivity contribution is 9.10. The van der Waals surface area contributed by atoms with Gasteiger partial charge >= 0.3 is 0 Å². The van der Waals surface area contributed by atoms with Crippen LogP contribution in [-0.2, 0) is 6.54 Å². The molecule has 0 bridgehead atoms. The van der Waals surface area contributed by atoms with E-state index in [0.717, 1.165) is 15.9 Å². The summed E-state index contributed by atoms with van der Waals surface area (Å²) in [6.07, 6.45) is 1.77. The molecule has 0 unspecified atom stereocenters. The summed E-state index contributed by atoms with van der Waals surface area (Å²) >= 11 is 3.44. The lowest BCUT2D eigenvalue weighted by molar-refractivity contribution is 0.797. The van der Waals surface area contributed by atoms with Crippen LogP contribution in [0.1, 0.15) is 11.3 Å². The van der Waals surface area contributed by atoms with Crippen molar-refractivity contribution in [2.45, 2.75) is 13.5 Å². The molecular formula is C11H12BrN3. The average Bonchev–Trinajstić information content (AvgIpc) is 2.60. The molecule has 0 spiro atoms. The summed E-state index contributed by atoms with van der Waals surface area (Å²) in [6, 6.07) is 8.11. The molecule has 0 atom stereocenters. The minimum atomic E-state index is 0.467. The van der Waals surface area contributed by atoms with E-state index in [4.69, 9.17) is 5.73 Å². The van der Waals surface area contributed by atoms with Gasteiger partial charge in [0.1, 0.15) is 0 Å². The van der Waals surface area contributed by atoms with Crippen molar-refractivity contribution in [1.82, 2.24) is 9.78 Å². The van der Waals surface area contributed by atoms with Crippen molar-refractivity contribution in [2.24, 2.45) is 5.73 Å². The first-order chi connectivity index (χ1) is 7.24. The lowest BCUT2D eigenvalue weighted by atomic mass is 10.2. The largest absolute Gasteiger partial charge is 0.325 e. The van der Waals surface area contributed by atoms with E-state index in [1.165, 1.54) is 5.56 Å². The maximum atomic E-state index is 5.69. The van der Waals surface area contributed by atoms with Crippen LogP contribution in [0.2, 0.25) is 0 Å². The zero-order valence-corrected chi connectivity index (χ0v) is 10.0. The summed E-state index contributed by atoms with van der Waals surface area (Å²) in [4.78, 5) is 0. The molecule has 0 fully saturated rings. The number of aromatic nitrogens is 2. The Kier molecular flexibility index (Phi) is 2.88. The van der Waals surface area contributed by atoms with Crippen molar-refractivity contribution in [3.05, 3.63) is 46.2 Å². The van der Waals surface area contributed by atoms with Crippen molar-refractivity contribution in [2.75, 3.05) is 0 Å². The molecule has 2 rings (SSSR count). The van der Waals surface area contributed by atoms with Crippen LogP contribution in [0.5, 0.6) is 0 Å². The smallest absolute Gasteiger partial charge is 0.0720 e. The van der Waals surface area contributed by atoms with Gasteiger partial charge in [-0.25, -0.2) is 4.68 Å². The van der Waals surface area contributed by atoms with Gasteiger partial charge in [0, 0.05) is 6.54 Å². The molecule has 1 aromatic heterocycles. The summed E-state index contributed by atoms with van der Waals surface area (Å²) in [6.45, 7) is 2.53. The van der Waals surface area contributed by atoms with E-state index >= 15 is 0 Å². The lowest BCUT2D eigenvalue weighted by Gasteiger charge is -2.08. The standard InChI is InChI=1S/C11H12BrN3/c1-8-4-2-3-5-10(8)15-11(6-13)9(12)7-14-15/h2-5,7H,6,13H2,1H3. The molecule has 0 saturated carbocycles. The highest BCUT2D eigenvalue weighted by atomic mass is 79.9. The Hall–Kier alpha value is -1.13. The van der Waals surface area contributed by atoms with E-state index in [1.54, 1.807) is 6.20 Å². The molecule has 1 aromatic carbocycles. The molecule has 3 nitrogen and oxygen atoms in total. The Balaban J connectivity index is 2.59. The zero-order chi connectivity index (χ0) is 10.8.